The highest BCUT2D eigenvalue weighted by molar-refractivity contribution is 7.91. The molecular formula is C12H21N3O3S2. The monoisotopic (exact) mass is 319 g/mol. The predicted octanol–water partition coefficient (Wildman–Crippen LogP) is 1.53. The van der Waals surface area contributed by atoms with Crippen molar-refractivity contribution >= 4 is 26.5 Å². The summed E-state index contributed by atoms with van der Waals surface area (Å²) in [4.78, 5) is 3.98. The zero-order valence-corrected chi connectivity index (χ0v) is 12.9. The van der Waals surface area contributed by atoms with E-state index in [-0.39, 0.29) is 10.3 Å². The largest absolute Gasteiger partial charge is 0.393 e. The molecule has 1 saturated carbocycles. The zero-order valence-electron chi connectivity index (χ0n) is 11.3. The van der Waals surface area contributed by atoms with Crippen LogP contribution >= 0.6 is 11.3 Å². The average molecular weight is 319 g/mol. The number of aromatic nitrogens is 1. The van der Waals surface area contributed by atoms with E-state index in [9.17, 15) is 13.5 Å². The molecule has 0 radical (unpaired) electrons. The van der Waals surface area contributed by atoms with Gasteiger partial charge in [0.05, 0.1) is 12.3 Å². The van der Waals surface area contributed by atoms with E-state index in [1.807, 2.05) is 0 Å². The second-order valence-corrected chi connectivity index (χ2v) is 8.03. The number of aliphatic hydroxyl groups is 1. The minimum absolute atomic E-state index is 0.0719. The maximum absolute atomic E-state index is 11.1. The third-order valence-corrected chi connectivity index (χ3v) is 6.02. The third kappa shape index (κ3) is 4.41. The number of sulfonamides is 1. The molecule has 1 heterocycles. The second kappa shape index (κ2) is 6.84. The smallest absolute Gasteiger partial charge is 0.249 e. The lowest BCUT2D eigenvalue weighted by Crippen LogP contribution is -2.24. The SMILES string of the molecule is NS(=O)(=O)c1cnc(NCCCC2CCCCC2O)s1. The lowest BCUT2D eigenvalue weighted by Gasteiger charge is -2.27. The highest BCUT2D eigenvalue weighted by atomic mass is 32.2. The van der Waals surface area contributed by atoms with Gasteiger partial charge >= 0.3 is 0 Å². The van der Waals surface area contributed by atoms with Crippen LogP contribution in [0.3, 0.4) is 0 Å². The highest BCUT2D eigenvalue weighted by Gasteiger charge is 2.22. The van der Waals surface area contributed by atoms with E-state index in [4.69, 9.17) is 5.14 Å². The first-order valence-electron chi connectivity index (χ1n) is 6.87. The summed E-state index contributed by atoms with van der Waals surface area (Å²) in [6.07, 6.45) is 7.40. The van der Waals surface area contributed by atoms with Crippen LogP contribution < -0.4 is 10.5 Å². The van der Waals surface area contributed by atoms with Crippen LogP contribution in [0.1, 0.15) is 38.5 Å². The Kier molecular flexibility index (Phi) is 5.36. The molecule has 0 aromatic carbocycles. The van der Waals surface area contributed by atoms with Crippen LogP contribution in [0.15, 0.2) is 10.4 Å². The molecule has 0 amide bonds. The molecule has 4 N–H and O–H groups in total. The van der Waals surface area contributed by atoms with E-state index in [0.717, 1.165) is 50.0 Å². The van der Waals surface area contributed by atoms with Crippen molar-refractivity contribution in [2.45, 2.75) is 48.8 Å². The van der Waals surface area contributed by atoms with Crippen LogP contribution in [0, 0.1) is 5.92 Å². The lowest BCUT2D eigenvalue weighted by molar-refractivity contribution is 0.0648. The van der Waals surface area contributed by atoms with Gasteiger partial charge in [-0.15, -0.1) is 0 Å². The summed E-state index contributed by atoms with van der Waals surface area (Å²) in [5.74, 6) is 0.404. The Hall–Kier alpha value is -0.700. The summed E-state index contributed by atoms with van der Waals surface area (Å²) in [5.41, 5.74) is 0. The van der Waals surface area contributed by atoms with Crippen LogP contribution in [0.25, 0.3) is 0 Å². The number of thiazole rings is 1. The van der Waals surface area contributed by atoms with Crippen LogP contribution in [0.5, 0.6) is 0 Å². The van der Waals surface area contributed by atoms with Crippen molar-refractivity contribution in [3.05, 3.63) is 6.20 Å². The topological polar surface area (TPSA) is 105 Å². The van der Waals surface area contributed by atoms with Gasteiger partial charge in [0.2, 0.25) is 10.0 Å². The van der Waals surface area contributed by atoms with Crippen molar-refractivity contribution in [1.29, 1.82) is 0 Å². The van der Waals surface area contributed by atoms with Crippen molar-refractivity contribution in [3.8, 4) is 0 Å². The number of hydrogen-bond donors (Lipinski definition) is 3. The van der Waals surface area contributed by atoms with Crippen LogP contribution in [0.4, 0.5) is 5.13 Å². The van der Waals surface area contributed by atoms with Gasteiger partial charge in [0.1, 0.15) is 0 Å². The molecule has 2 unspecified atom stereocenters. The normalized spacial score (nSPS) is 23.7. The molecule has 2 rings (SSSR count). The van der Waals surface area contributed by atoms with Gasteiger partial charge < -0.3 is 10.4 Å². The Bertz CT molecular complexity index is 530. The number of nitrogens with zero attached hydrogens (tertiary/aromatic N) is 1. The standard InChI is InChI=1S/C12H21N3O3S2/c13-20(17,18)11-8-15-12(19-11)14-7-3-5-9-4-1-2-6-10(9)16/h8-10,16H,1-7H2,(H,14,15)(H2,13,17,18). The summed E-state index contributed by atoms with van der Waals surface area (Å²) in [7, 11) is -3.65. The van der Waals surface area contributed by atoms with Crippen LogP contribution in [-0.2, 0) is 10.0 Å². The predicted molar refractivity (Wildman–Crippen MR) is 79.2 cm³/mol. The number of rotatable bonds is 6. The molecule has 0 spiro atoms. The summed E-state index contributed by atoms with van der Waals surface area (Å²) < 4.78 is 22.3. The molecule has 0 aliphatic heterocycles. The minimum Gasteiger partial charge on any atom is -0.393 e. The van der Waals surface area contributed by atoms with Gasteiger partial charge in [0.15, 0.2) is 9.34 Å². The minimum atomic E-state index is -3.65. The maximum Gasteiger partial charge on any atom is 0.249 e. The molecule has 1 aliphatic carbocycles. The Balaban J connectivity index is 1.72. The fraction of sp³-hybridized carbons (Fsp3) is 0.750. The molecule has 1 aromatic rings. The summed E-state index contributed by atoms with van der Waals surface area (Å²) in [5, 5.41) is 18.6. The van der Waals surface area contributed by atoms with Crippen LogP contribution in [-0.4, -0.2) is 31.2 Å². The molecule has 1 aromatic heterocycles. The summed E-state index contributed by atoms with van der Waals surface area (Å²) in [6, 6.07) is 0. The summed E-state index contributed by atoms with van der Waals surface area (Å²) >= 11 is 1.04. The van der Waals surface area contributed by atoms with Crippen molar-refractivity contribution in [3.63, 3.8) is 0 Å². The van der Waals surface area contributed by atoms with E-state index in [0.29, 0.717) is 11.0 Å². The molecule has 8 heteroatoms. The number of nitrogens with one attached hydrogen (secondary N) is 1. The molecule has 2 atom stereocenters. The quantitative estimate of drug-likeness (QED) is 0.690. The first kappa shape index (κ1) is 15.7. The number of nitrogens with two attached hydrogens (primary N) is 1. The van der Waals surface area contributed by atoms with Crippen LogP contribution in [0.2, 0.25) is 0 Å². The Morgan fingerprint density at radius 1 is 1.45 bits per heavy atom. The Labute approximate surface area is 123 Å². The van der Waals surface area contributed by atoms with Gasteiger partial charge in [0, 0.05) is 6.54 Å². The molecule has 20 heavy (non-hydrogen) atoms. The van der Waals surface area contributed by atoms with Gasteiger partial charge in [-0.25, -0.2) is 18.5 Å². The van der Waals surface area contributed by atoms with Gasteiger partial charge in [-0.05, 0) is 31.6 Å². The van der Waals surface area contributed by atoms with E-state index >= 15 is 0 Å². The highest BCUT2D eigenvalue weighted by Crippen LogP contribution is 2.28. The Morgan fingerprint density at radius 2 is 2.20 bits per heavy atom. The van der Waals surface area contributed by atoms with E-state index in [2.05, 4.69) is 10.3 Å². The lowest BCUT2D eigenvalue weighted by atomic mass is 9.83. The molecule has 0 saturated heterocycles. The second-order valence-electron chi connectivity index (χ2n) is 5.21. The van der Waals surface area contributed by atoms with E-state index in [1.54, 1.807) is 0 Å². The van der Waals surface area contributed by atoms with Gasteiger partial charge in [-0.2, -0.15) is 0 Å². The maximum atomic E-state index is 11.1. The van der Waals surface area contributed by atoms with Crippen molar-refractivity contribution in [1.82, 2.24) is 4.98 Å². The van der Waals surface area contributed by atoms with Crippen molar-refractivity contribution < 1.29 is 13.5 Å². The van der Waals surface area contributed by atoms with Gasteiger partial charge in [-0.3, -0.25) is 0 Å². The molecule has 0 bridgehead atoms. The average Bonchev–Trinajstić information content (AvgIpc) is 2.85. The first-order chi connectivity index (χ1) is 9.47. The molecular weight excluding hydrogens is 298 g/mol. The van der Waals surface area contributed by atoms with Crippen molar-refractivity contribution in [2.75, 3.05) is 11.9 Å². The number of aliphatic hydroxyl groups excluding tert-OH is 1. The van der Waals surface area contributed by atoms with Crippen molar-refractivity contribution in [2.24, 2.45) is 11.1 Å². The Morgan fingerprint density at radius 3 is 2.85 bits per heavy atom. The fourth-order valence-electron chi connectivity index (χ4n) is 2.56. The van der Waals surface area contributed by atoms with Gasteiger partial charge in [-0.1, -0.05) is 24.2 Å². The fourth-order valence-corrected chi connectivity index (χ4v) is 4.03. The molecule has 1 aliphatic rings. The molecule has 1 fully saturated rings. The van der Waals surface area contributed by atoms with E-state index in [1.165, 1.54) is 12.6 Å². The number of primary sulfonamides is 1. The van der Waals surface area contributed by atoms with Gasteiger partial charge in [0.25, 0.3) is 0 Å². The molecule has 114 valence electrons. The zero-order chi connectivity index (χ0) is 14.6. The van der Waals surface area contributed by atoms with E-state index < -0.39 is 10.0 Å². The number of anilines is 1. The third-order valence-electron chi connectivity index (χ3n) is 3.66. The number of hydrogen-bond acceptors (Lipinski definition) is 6. The molecule has 6 nitrogen and oxygen atoms in total. The summed E-state index contributed by atoms with van der Waals surface area (Å²) in [6.45, 7) is 0.723. The first-order valence-corrected chi connectivity index (χ1v) is 9.23.